The van der Waals surface area contributed by atoms with Crippen molar-refractivity contribution >= 4 is 11.7 Å². The molecule has 18 heavy (non-hydrogen) atoms. The summed E-state index contributed by atoms with van der Waals surface area (Å²) in [5.74, 6) is 0.193. The molecule has 0 saturated carbocycles. The Morgan fingerprint density at radius 2 is 2.11 bits per heavy atom. The summed E-state index contributed by atoms with van der Waals surface area (Å²) < 4.78 is 0. The second kappa shape index (κ2) is 4.57. The molecule has 3 rings (SSSR count). The van der Waals surface area contributed by atoms with Gasteiger partial charge in [0, 0.05) is 24.3 Å². The summed E-state index contributed by atoms with van der Waals surface area (Å²) >= 11 is 0. The molecule has 0 aromatic carbocycles. The molecule has 4 N–H and O–H groups in total. The van der Waals surface area contributed by atoms with E-state index in [0.29, 0.717) is 29.5 Å². The summed E-state index contributed by atoms with van der Waals surface area (Å²) in [5.41, 5.74) is 5.83. The average Bonchev–Trinajstić information content (AvgIpc) is 2.69. The van der Waals surface area contributed by atoms with E-state index in [1.807, 2.05) is 0 Å². The maximum absolute atomic E-state index is 11.3. The van der Waals surface area contributed by atoms with E-state index >= 15 is 0 Å². The molecule has 2 saturated heterocycles. The van der Waals surface area contributed by atoms with Crippen molar-refractivity contribution in [2.24, 2.45) is 5.73 Å². The van der Waals surface area contributed by atoms with Crippen LogP contribution in [0.4, 0.5) is 5.82 Å². The largest absolute Gasteiger partial charge is 0.367 e. The lowest BCUT2D eigenvalue weighted by Crippen LogP contribution is -2.43. The Balaban J connectivity index is 1.75. The lowest BCUT2D eigenvalue weighted by Gasteiger charge is -2.30. The average molecular weight is 246 g/mol. The quantitative estimate of drug-likeness (QED) is 0.739. The third-order valence-corrected chi connectivity index (χ3v) is 3.89. The number of carbonyl (C=O) groups is 1. The molecule has 2 aliphatic rings. The number of nitrogens with one attached hydrogen (secondary N) is 2. The first kappa shape index (κ1) is 11.5. The molecule has 2 fully saturated rings. The zero-order valence-corrected chi connectivity index (χ0v) is 10.2. The van der Waals surface area contributed by atoms with Gasteiger partial charge in [0.05, 0.1) is 5.56 Å². The molecule has 2 unspecified atom stereocenters. The predicted octanol–water partition coefficient (Wildman–Crippen LogP) is 0.875. The van der Waals surface area contributed by atoms with Crippen molar-refractivity contribution in [3.63, 3.8) is 0 Å². The standard InChI is InChI=1S/C13H18N4O/c14-12(18)11-2-1-5-15-13(11)17-10-6-8-3-4-9(7-10)16-8/h1-2,5,8-10,16H,3-4,6-7H2,(H2,14,18)(H,15,17). The Bertz CT molecular complexity index is 450. The van der Waals surface area contributed by atoms with E-state index < -0.39 is 5.91 Å². The summed E-state index contributed by atoms with van der Waals surface area (Å²) in [6, 6.07) is 5.06. The number of primary amides is 1. The monoisotopic (exact) mass is 246 g/mol. The maximum Gasteiger partial charge on any atom is 0.252 e. The lowest BCUT2D eigenvalue weighted by molar-refractivity contribution is 0.100. The van der Waals surface area contributed by atoms with Crippen LogP contribution in [0.1, 0.15) is 36.0 Å². The molecule has 1 aromatic rings. The van der Waals surface area contributed by atoms with Crippen molar-refractivity contribution in [3.05, 3.63) is 23.9 Å². The van der Waals surface area contributed by atoms with Crippen LogP contribution in [0.2, 0.25) is 0 Å². The minimum absolute atomic E-state index is 0.386. The van der Waals surface area contributed by atoms with Crippen LogP contribution in [-0.4, -0.2) is 29.0 Å². The van der Waals surface area contributed by atoms with Crippen molar-refractivity contribution in [1.82, 2.24) is 10.3 Å². The van der Waals surface area contributed by atoms with Crippen molar-refractivity contribution in [2.75, 3.05) is 5.32 Å². The first-order chi connectivity index (χ1) is 8.72. The topological polar surface area (TPSA) is 80.0 Å². The van der Waals surface area contributed by atoms with Gasteiger partial charge in [0.2, 0.25) is 0 Å². The number of hydrogen-bond donors (Lipinski definition) is 3. The second-order valence-corrected chi connectivity index (χ2v) is 5.21. The summed E-state index contributed by atoms with van der Waals surface area (Å²) in [6.07, 6.45) is 6.38. The number of rotatable bonds is 3. The molecular formula is C13H18N4O. The van der Waals surface area contributed by atoms with Crippen molar-refractivity contribution in [2.45, 2.75) is 43.8 Å². The van der Waals surface area contributed by atoms with Gasteiger partial charge in [0.25, 0.3) is 5.91 Å². The number of aromatic nitrogens is 1. The first-order valence-electron chi connectivity index (χ1n) is 6.50. The smallest absolute Gasteiger partial charge is 0.252 e. The van der Waals surface area contributed by atoms with Crippen LogP contribution in [0.15, 0.2) is 18.3 Å². The zero-order chi connectivity index (χ0) is 12.5. The van der Waals surface area contributed by atoms with Crippen LogP contribution in [-0.2, 0) is 0 Å². The van der Waals surface area contributed by atoms with Crippen LogP contribution in [0, 0.1) is 0 Å². The number of amides is 1. The van der Waals surface area contributed by atoms with E-state index in [1.165, 1.54) is 12.8 Å². The number of nitrogens with zero attached hydrogens (tertiary/aromatic N) is 1. The van der Waals surface area contributed by atoms with E-state index in [2.05, 4.69) is 15.6 Å². The number of anilines is 1. The van der Waals surface area contributed by atoms with Gasteiger partial charge in [-0.1, -0.05) is 0 Å². The highest BCUT2D eigenvalue weighted by molar-refractivity contribution is 5.97. The highest BCUT2D eigenvalue weighted by Crippen LogP contribution is 2.28. The van der Waals surface area contributed by atoms with E-state index in [0.717, 1.165) is 12.8 Å². The SMILES string of the molecule is NC(=O)c1cccnc1NC1CC2CCC(C1)N2. The van der Waals surface area contributed by atoms with Gasteiger partial charge in [-0.2, -0.15) is 0 Å². The maximum atomic E-state index is 11.3. The molecule has 2 atom stereocenters. The van der Waals surface area contributed by atoms with Gasteiger partial charge >= 0.3 is 0 Å². The van der Waals surface area contributed by atoms with Gasteiger partial charge in [-0.3, -0.25) is 4.79 Å². The molecule has 2 aliphatic heterocycles. The molecule has 96 valence electrons. The minimum Gasteiger partial charge on any atom is -0.367 e. The second-order valence-electron chi connectivity index (χ2n) is 5.21. The summed E-state index contributed by atoms with van der Waals surface area (Å²) in [6.45, 7) is 0. The van der Waals surface area contributed by atoms with E-state index in [4.69, 9.17) is 5.73 Å². The van der Waals surface area contributed by atoms with Gasteiger partial charge in [-0.15, -0.1) is 0 Å². The number of piperidine rings is 1. The molecule has 1 amide bonds. The van der Waals surface area contributed by atoms with Gasteiger partial charge in [0.1, 0.15) is 5.82 Å². The molecule has 1 aromatic heterocycles. The molecule has 0 spiro atoms. The zero-order valence-electron chi connectivity index (χ0n) is 10.2. The van der Waals surface area contributed by atoms with Gasteiger partial charge in [-0.25, -0.2) is 4.98 Å². The number of nitrogens with two attached hydrogens (primary N) is 1. The Labute approximate surface area is 106 Å². The number of pyridine rings is 1. The van der Waals surface area contributed by atoms with Crippen LogP contribution >= 0.6 is 0 Å². The van der Waals surface area contributed by atoms with E-state index in [9.17, 15) is 4.79 Å². The molecule has 5 nitrogen and oxygen atoms in total. The Hall–Kier alpha value is -1.62. The third kappa shape index (κ3) is 2.18. The van der Waals surface area contributed by atoms with E-state index in [-0.39, 0.29) is 0 Å². The summed E-state index contributed by atoms with van der Waals surface area (Å²) in [7, 11) is 0. The fraction of sp³-hybridized carbons (Fsp3) is 0.538. The van der Waals surface area contributed by atoms with Crippen LogP contribution < -0.4 is 16.4 Å². The van der Waals surface area contributed by atoms with Crippen molar-refractivity contribution in [1.29, 1.82) is 0 Å². The first-order valence-corrected chi connectivity index (χ1v) is 6.50. The fourth-order valence-corrected chi connectivity index (χ4v) is 3.09. The Morgan fingerprint density at radius 3 is 2.78 bits per heavy atom. The summed E-state index contributed by atoms with van der Waals surface area (Å²) in [5, 5.41) is 6.97. The molecular weight excluding hydrogens is 228 g/mol. The van der Waals surface area contributed by atoms with E-state index in [1.54, 1.807) is 18.3 Å². The number of fused-ring (bicyclic) bond motifs is 2. The molecule has 0 radical (unpaired) electrons. The summed E-state index contributed by atoms with van der Waals surface area (Å²) in [4.78, 5) is 15.6. The Morgan fingerprint density at radius 1 is 1.39 bits per heavy atom. The number of carbonyl (C=O) groups excluding carboxylic acids is 1. The van der Waals surface area contributed by atoms with Crippen molar-refractivity contribution in [3.8, 4) is 0 Å². The van der Waals surface area contributed by atoms with Gasteiger partial charge in [-0.05, 0) is 37.8 Å². The van der Waals surface area contributed by atoms with Crippen LogP contribution in [0.3, 0.4) is 0 Å². The number of hydrogen-bond acceptors (Lipinski definition) is 4. The fourth-order valence-electron chi connectivity index (χ4n) is 3.09. The molecule has 5 heteroatoms. The van der Waals surface area contributed by atoms with Crippen LogP contribution in [0.25, 0.3) is 0 Å². The van der Waals surface area contributed by atoms with Crippen molar-refractivity contribution < 1.29 is 4.79 Å². The van der Waals surface area contributed by atoms with Crippen LogP contribution in [0.5, 0.6) is 0 Å². The molecule has 3 heterocycles. The minimum atomic E-state index is -0.428. The Kier molecular flexibility index (Phi) is 2.91. The lowest BCUT2D eigenvalue weighted by atomic mass is 9.99. The highest BCUT2D eigenvalue weighted by atomic mass is 16.1. The molecule has 2 bridgehead atoms. The van der Waals surface area contributed by atoms with Gasteiger partial charge < -0.3 is 16.4 Å². The van der Waals surface area contributed by atoms with Gasteiger partial charge in [0.15, 0.2) is 0 Å². The third-order valence-electron chi connectivity index (χ3n) is 3.89. The molecule has 0 aliphatic carbocycles. The normalized spacial score (nSPS) is 30.1. The highest BCUT2D eigenvalue weighted by Gasteiger charge is 2.33. The predicted molar refractivity (Wildman–Crippen MR) is 69.3 cm³/mol.